The highest BCUT2D eigenvalue weighted by Gasteiger charge is 2.14. The minimum Gasteiger partial charge on any atom is -0.322 e. The van der Waals surface area contributed by atoms with Crippen LogP contribution in [0.5, 0.6) is 0 Å². The molecule has 0 aliphatic carbocycles. The first-order chi connectivity index (χ1) is 13.1. The number of anilines is 1. The summed E-state index contributed by atoms with van der Waals surface area (Å²) >= 11 is 6.08. The van der Waals surface area contributed by atoms with Gasteiger partial charge in [-0.1, -0.05) is 41.9 Å². The maximum Gasteiger partial charge on any atom is 0.255 e. The zero-order chi connectivity index (χ0) is 18.8. The first-order valence-corrected chi connectivity index (χ1v) is 8.70. The average molecular weight is 377 g/mol. The van der Waals surface area contributed by atoms with Gasteiger partial charge in [-0.2, -0.15) is 0 Å². The van der Waals surface area contributed by atoms with Gasteiger partial charge in [-0.25, -0.2) is 4.39 Å². The monoisotopic (exact) mass is 376 g/mol. The molecule has 3 aromatic carbocycles. The Bertz CT molecular complexity index is 1160. The lowest BCUT2D eigenvalue weighted by Crippen LogP contribution is -2.12. The molecule has 132 valence electrons. The number of benzene rings is 3. The Morgan fingerprint density at radius 3 is 2.52 bits per heavy atom. The number of rotatable bonds is 3. The summed E-state index contributed by atoms with van der Waals surface area (Å²) in [4.78, 5) is 16.6. The van der Waals surface area contributed by atoms with E-state index in [1.807, 2.05) is 42.5 Å². The van der Waals surface area contributed by atoms with Crippen molar-refractivity contribution in [3.63, 3.8) is 0 Å². The van der Waals surface area contributed by atoms with Gasteiger partial charge in [0, 0.05) is 23.0 Å². The van der Waals surface area contributed by atoms with Crippen molar-refractivity contribution >= 4 is 34.0 Å². The van der Waals surface area contributed by atoms with E-state index in [4.69, 9.17) is 11.6 Å². The molecule has 1 amide bonds. The van der Waals surface area contributed by atoms with Crippen LogP contribution in [0.25, 0.3) is 22.0 Å². The van der Waals surface area contributed by atoms with Crippen molar-refractivity contribution in [3.8, 4) is 11.3 Å². The standard InChI is InChI=1S/C22H14ClFN2O/c23-19-6-3-11-25-21(19)18-10-8-16(13-20(18)24)22(27)26-17-9-7-14-4-1-2-5-15(14)12-17/h1-13H,(H,26,27). The number of nitrogens with zero attached hydrogens (tertiary/aromatic N) is 1. The first-order valence-electron chi connectivity index (χ1n) is 8.32. The van der Waals surface area contributed by atoms with Crippen LogP contribution in [0.4, 0.5) is 10.1 Å². The molecule has 0 radical (unpaired) electrons. The summed E-state index contributed by atoms with van der Waals surface area (Å²) in [5, 5.41) is 5.25. The molecule has 1 heterocycles. The minimum atomic E-state index is -0.554. The molecule has 5 heteroatoms. The summed E-state index contributed by atoms with van der Waals surface area (Å²) in [7, 11) is 0. The number of pyridine rings is 1. The highest BCUT2D eigenvalue weighted by molar-refractivity contribution is 6.33. The second-order valence-corrected chi connectivity index (χ2v) is 6.45. The Labute approximate surface area is 160 Å². The van der Waals surface area contributed by atoms with Crippen molar-refractivity contribution in [2.75, 3.05) is 5.32 Å². The lowest BCUT2D eigenvalue weighted by Gasteiger charge is -2.09. The van der Waals surface area contributed by atoms with Crippen LogP contribution in [-0.4, -0.2) is 10.9 Å². The predicted molar refractivity (Wildman–Crippen MR) is 107 cm³/mol. The van der Waals surface area contributed by atoms with Gasteiger partial charge < -0.3 is 5.32 Å². The topological polar surface area (TPSA) is 42.0 Å². The zero-order valence-electron chi connectivity index (χ0n) is 14.1. The molecule has 0 unspecified atom stereocenters. The SMILES string of the molecule is O=C(Nc1ccc2ccccc2c1)c1ccc(-c2ncccc2Cl)c(F)c1. The number of amides is 1. The summed E-state index contributed by atoms with van der Waals surface area (Å²) in [6, 6.07) is 21.1. The Hall–Kier alpha value is -3.24. The molecule has 27 heavy (non-hydrogen) atoms. The van der Waals surface area contributed by atoms with Crippen molar-refractivity contribution in [2.24, 2.45) is 0 Å². The van der Waals surface area contributed by atoms with Gasteiger partial charge in [-0.05, 0) is 53.2 Å². The molecule has 0 fully saturated rings. The van der Waals surface area contributed by atoms with Crippen molar-refractivity contribution in [2.45, 2.75) is 0 Å². The van der Waals surface area contributed by atoms with Crippen molar-refractivity contribution in [1.29, 1.82) is 0 Å². The van der Waals surface area contributed by atoms with E-state index >= 15 is 0 Å². The van der Waals surface area contributed by atoms with Crippen LogP contribution in [0.3, 0.4) is 0 Å². The van der Waals surface area contributed by atoms with Crippen LogP contribution in [0.1, 0.15) is 10.4 Å². The molecule has 0 aliphatic rings. The summed E-state index contributed by atoms with van der Waals surface area (Å²) in [5.74, 6) is -0.940. The van der Waals surface area contributed by atoms with E-state index in [1.54, 1.807) is 24.4 Å². The molecule has 4 rings (SSSR count). The molecule has 1 N–H and O–H groups in total. The number of carbonyl (C=O) groups excluding carboxylic acids is 1. The molecule has 1 aromatic heterocycles. The third-order valence-electron chi connectivity index (χ3n) is 4.25. The van der Waals surface area contributed by atoms with E-state index in [0.29, 0.717) is 16.4 Å². The maximum atomic E-state index is 14.5. The van der Waals surface area contributed by atoms with Crippen LogP contribution in [0, 0.1) is 5.82 Å². The summed E-state index contributed by atoms with van der Waals surface area (Å²) < 4.78 is 14.5. The van der Waals surface area contributed by atoms with Gasteiger partial charge >= 0.3 is 0 Å². The molecule has 3 nitrogen and oxygen atoms in total. The molecule has 0 aliphatic heterocycles. The van der Waals surface area contributed by atoms with E-state index in [0.717, 1.165) is 10.8 Å². The Morgan fingerprint density at radius 1 is 0.926 bits per heavy atom. The van der Waals surface area contributed by atoms with Gasteiger partial charge in [0.2, 0.25) is 0 Å². The third kappa shape index (κ3) is 3.52. The summed E-state index contributed by atoms with van der Waals surface area (Å²) in [6.45, 7) is 0. The van der Waals surface area contributed by atoms with Gasteiger partial charge in [0.15, 0.2) is 0 Å². The molecule has 0 bridgehead atoms. The fraction of sp³-hybridized carbons (Fsp3) is 0. The lowest BCUT2D eigenvalue weighted by molar-refractivity contribution is 0.102. The highest BCUT2D eigenvalue weighted by Crippen LogP contribution is 2.28. The molecular formula is C22H14ClFN2O. The number of hydrogen-bond acceptors (Lipinski definition) is 2. The smallest absolute Gasteiger partial charge is 0.255 e. The number of fused-ring (bicyclic) bond motifs is 1. The number of nitrogens with one attached hydrogen (secondary N) is 1. The van der Waals surface area contributed by atoms with Gasteiger partial charge in [0.1, 0.15) is 5.82 Å². The number of carbonyl (C=O) groups is 1. The Morgan fingerprint density at radius 2 is 1.74 bits per heavy atom. The van der Waals surface area contributed by atoms with Crippen LogP contribution < -0.4 is 5.32 Å². The summed E-state index contributed by atoms with van der Waals surface area (Å²) in [5.41, 5.74) is 1.47. The molecule has 4 aromatic rings. The third-order valence-corrected chi connectivity index (χ3v) is 4.56. The lowest BCUT2D eigenvalue weighted by atomic mass is 10.1. The Kier molecular flexibility index (Phi) is 4.57. The Balaban J connectivity index is 1.60. The first kappa shape index (κ1) is 17.2. The normalized spacial score (nSPS) is 10.7. The van der Waals surface area contributed by atoms with Crippen LogP contribution >= 0.6 is 11.6 Å². The van der Waals surface area contributed by atoms with Gasteiger partial charge in [0.05, 0.1) is 10.7 Å². The van der Waals surface area contributed by atoms with Crippen LogP contribution in [0.2, 0.25) is 5.02 Å². The molecule has 0 saturated carbocycles. The summed E-state index contributed by atoms with van der Waals surface area (Å²) in [6.07, 6.45) is 1.54. The zero-order valence-corrected chi connectivity index (χ0v) is 14.9. The number of halogens is 2. The molecule has 0 spiro atoms. The molecule has 0 saturated heterocycles. The van der Waals surface area contributed by atoms with Crippen molar-refractivity contribution in [1.82, 2.24) is 4.98 Å². The fourth-order valence-corrected chi connectivity index (χ4v) is 3.13. The maximum absolute atomic E-state index is 14.5. The van der Waals surface area contributed by atoms with E-state index in [9.17, 15) is 9.18 Å². The van der Waals surface area contributed by atoms with Gasteiger partial charge in [-0.15, -0.1) is 0 Å². The highest BCUT2D eigenvalue weighted by atomic mass is 35.5. The largest absolute Gasteiger partial charge is 0.322 e. The number of hydrogen-bond donors (Lipinski definition) is 1. The fourth-order valence-electron chi connectivity index (χ4n) is 2.90. The van der Waals surface area contributed by atoms with Crippen molar-refractivity contribution < 1.29 is 9.18 Å². The minimum absolute atomic E-state index is 0.219. The van der Waals surface area contributed by atoms with E-state index in [1.165, 1.54) is 12.1 Å². The predicted octanol–water partition coefficient (Wildman–Crippen LogP) is 5.95. The van der Waals surface area contributed by atoms with Crippen LogP contribution in [-0.2, 0) is 0 Å². The average Bonchev–Trinajstić information content (AvgIpc) is 2.68. The molecular weight excluding hydrogens is 363 g/mol. The number of aromatic nitrogens is 1. The quantitative estimate of drug-likeness (QED) is 0.480. The van der Waals surface area contributed by atoms with E-state index in [2.05, 4.69) is 10.3 Å². The van der Waals surface area contributed by atoms with E-state index < -0.39 is 5.82 Å². The molecule has 0 atom stereocenters. The van der Waals surface area contributed by atoms with Gasteiger partial charge in [0.25, 0.3) is 5.91 Å². The van der Waals surface area contributed by atoms with Gasteiger partial charge in [-0.3, -0.25) is 9.78 Å². The second-order valence-electron chi connectivity index (χ2n) is 6.04. The van der Waals surface area contributed by atoms with Crippen molar-refractivity contribution in [3.05, 3.63) is 95.4 Å². The second kappa shape index (κ2) is 7.17. The van der Waals surface area contributed by atoms with E-state index in [-0.39, 0.29) is 17.0 Å². The van der Waals surface area contributed by atoms with Crippen LogP contribution in [0.15, 0.2) is 79.0 Å².